The van der Waals surface area contributed by atoms with Crippen molar-refractivity contribution in [3.05, 3.63) is 28.1 Å². The Morgan fingerprint density at radius 2 is 1.72 bits per heavy atom. The minimum absolute atomic E-state index is 0.0100. The fourth-order valence-electron chi connectivity index (χ4n) is 1.86. The van der Waals surface area contributed by atoms with E-state index in [1.165, 1.54) is 34.6 Å². The number of aromatic nitrogens is 1. The lowest BCUT2D eigenvalue weighted by molar-refractivity contribution is -0.0562. The van der Waals surface area contributed by atoms with Gasteiger partial charge in [0.2, 0.25) is 0 Å². The SMILES string of the molecule is Cc1nc(C(F)(F)C(C)C)c(C)c(C)c1C(=O)O. The Balaban J connectivity index is 3.58. The molecule has 1 rings (SSSR count). The number of hydrogen-bond donors (Lipinski definition) is 1. The summed E-state index contributed by atoms with van der Waals surface area (Å²) in [5, 5.41) is 9.05. The number of halogens is 2. The van der Waals surface area contributed by atoms with E-state index in [-0.39, 0.29) is 22.5 Å². The van der Waals surface area contributed by atoms with E-state index in [4.69, 9.17) is 5.11 Å². The highest BCUT2D eigenvalue weighted by atomic mass is 19.3. The molecular formula is C13H17F2NO2. The van der Waals surface area contributed by atoms with Crippen LogP contribution in [-0.2, 0) is 5.92 Å². The first kappa shape index (κ1) is 14.5. The topological polar surface area (TPSA) is 50.2 Å². The lowest BCUT2D eigenvalue weighted by atomic mass is 9.93. The number of nitrogens with zero attached hydrogens (tertiary/aromatic N) is 1. The number of alkyl halides is 2. The molecule has 1 aromatic heterocycles. The van der Waals surface area contributed by atoms with Gasteiger partial charge in [-0.1, -0.05) is 13.8 Å². The molecule has 1 aromatic rings. The normalized spacial score (nSPS) is 12.0. The minimum atomic E-state index is -3.06. The van der Waals surface area contributed by atoms with Gasteiger partial charge in [0.25, 0.3) is 5.92 Å². The highest BCUT2D eigenvalue weighted by Gasteiger charge is 2.39. The maximum absolute atomic E-state index is 14.0. The molecule has 18 heavy (non-hydrogen) atoms. The van der Waals surface area contributed by atoms with Crippen molar-refractivity contribution in [1.82, 2.24) is 4.98 Å². The number of carboxylic acid groups (broad SMARTS) is 1. The van der Waals surface area contributed by atoms with Crippen LogP contribution in [0.1, 0.15) is 46.7 Å². The monoisotopic (exact) mass is 257 g/mol. The van der Waals surface area contributed by atoms with Crippen LogP contribution in [0.5, 0.6) is 0 Å². The van der Waals surface area contributed by atoms with Crippen LogP contribution in [0.25, 0.3) is 0 Å². The maximum atomic E-state index is 14.0. The number of aromatic carboxylic acids is 1. The van der Waals surface area contributed by atoms with E-state index in [9.17, 15) is 13.6 Å². The van der Waals surface area contributed by atoms with Crippen LogP contribution >= 0.6 is 0 Å². The van der Waals surface area contributed by atoms with Crippen LogP contribution in [0.2, 0.25) is 0 Å². The molecule has 3 nitrogen and oxygen atoms in total. The quantitative estimate of drug-likeness (QED) is 0.902. The van der Waals surface area contributed by atoms with E-state index in [2.05, 4.69) is 4.98 Å². The average molecular weight is 257 g/mol. The lowest BCUT2D eigenvalue weighted by Crippen LogP contribution is -2.25. The standard InChI is InChI=1S/C13H17F2NO2/c1-6(2)13(14,15)11-8(4)7(3)10(12(17)18)9(5)16-11/h6H,1-5H3,(H,17,18). The van der Waals surface area contributed by atoms with Gasteiger partial charge in [0.1, 0.15) is 5.69 Å². The Bertz CT molecular complexity index is 496. The molecule has 1 heterocycles. The molecule has 0 spiro atoms. The molecule has 0 bridgehead atoms. The van der Waals surface area contributed by atoms with Crippen LogP contribution in [-0.4, -0.2) is 16.1 Å². The lowest BCUT2D eigenvalue weighted by Gasteiger charge is -2.23. The Hall–Kier alpha value is -1.52. The molecule has 0 aliphatic heterocycles. The zero-order valence-corrected chi connectivity index (χ0v) is 11.1. The summed E-state index contributed by atoms with van der Waals surface area (Å²) in [5.41, 5.74) is 0.413. The van der Waals surface area contributed by atoms with Gasteiger partial charge in [-0.15, -0.1) is 0 Å². The van der Waals surface area contributed by atoms with E-state index < -0.39 is 17.8 Å². The van der Waals surface area contributed by atoms with Gasteiger partial charge in [-0.25, -0.2) is 4.79 Å². The second-order valence-electron chi connectivity index (χ2n) is 4.75. The van der Waals surface area contributed by atoms with Crippen LogP contribution in [0, 0.1) is 26.7 Å². The summed E-state index contributed by atoms with van der Waals surface area (Å²) in [7, 11) is 0. The molecule has 0 aromatic carbocycles. The van der Waals surface area contributed by atoms with Gasteiger partial charge in [0.05, 0.1) is 11.3 Å². The van der Waals surface area contributed by atoms with E-state index in [0.29, 0.717) is 5.56 Å². The Labute approximate surface area is 105 Å². The summed E-state index contributed by atoms with van der Waals surface area (Å²) < 4.78 is 28.0. The predicted molar refractivity (Wildman–Crippen MR) is 64.1 cm³/mol. The number of aryl methyl sites for hydroxylation is 1. The molecule has 100 valence electrons. The van der Waals surface area contributed by atoms with Gasteiger partial charge in [-0.05, 0) is 31.9 Å². The van der Waals surface area contributed by atoms with Crippen LogP contribution in [0.3, 0.4) is 0 Å². The predicted octanol–water partition coefficient (Wildman–Crippen LogP) is 3.45. The molecule has 1 N–H and O–H groups in total. The zero-order valence-electron chi connectivity index (χ0n) is 11.1. The average Bonchev–Trinajstić information content (AvgIpc) is 2.22. The van der Waals surface area contributed by atoms with E-state index in [0.717, 1.165) is 0 Å². The van der Waals surface area contributed by atoms with Gasteiger partial charge in [0.15, 0.2) is 0 Å². The molecule has 0 atom stereocenters. The van der Waals surface area contributed by atoms with E-state index >= 15 is 0 Å². The number of carboxylic acids is 1. The highest BCUT2D eigenvalue weighted by Crippen LogP contribution is 2.37. The minimum Gasteiger partial charge on any atom is -0.478 e. The Morgan fingerprint density at radius 3 is 2.11 bits per heavy atom. The van der Waals surface area contributed by atoms with Gasteiger partial charge in [0, 0.05) is 5.92 Å². The van der Waals surface area contributed by atoms with Crippen molar-refractivity contribution in [2.75, 3.05) is 0 Å². The molecule has 0 amide bonds. The number of pyridine rings is 1. The molecule has 0 saturated carbocycles. The summed E-state index contributed by atoms with van der Waals surface area (Å²) >= 11 is 0. The molecule has 0 aliphatic carbocycles. The van der Waals surface area contributed by atoms with E-state index in [1.807, 2.05) is 0 Å². The summed E-state index contributed by atoms with van der Waals surface area (Å²) in [6, 6.07) is 0. The van der Waals surface area contributed by atoms with Crippen molar-refractivity contribution in [1.29, 1.82) is 0 Å². The van der Waals surface area contributed by atoms with Crippen molar-refractivity contribution in [3.8, 4) is 0 Å². The smallest absolute Gasteiger partial charge is 0.337 e. The zero-order chi connectivity index (χ0) is 14.2. The third-order valence-electron chi connectivity index (χ3n) is 3.19. The summed E-state index contributed by atoms with van der Waals surface area (Å²) in [5.74, 6) is -5.09. The molecule has 0 saturated heterocycles. The number of rotatable bonds is 3. The number of carbonyl (C=O) groups is 1. The second-order valence-corrected chi connectivity index (χ2v) is 4.75. The molecule has 0 radical (unpaired) electrons. The molecular weight excluding hydrogens is 240 g/mol. The molecule has 0 aliphatic rings. The van der Waals surface area contributed by atoms with Crippen LogP contribution < -0.4 is 0 Å². The van der Waals surface area contributed by atoms with Crippen molar-refractivity contribution in [3.63, 3.8) is 0 Å². The van der Waals surface area contributed by atoms with Gasteiger partial charge < -0.3 is 5.11 Å². The fourth-order valence-corrected chi connectivity index (χ4v) is 1.86. The third kappa shape index (κ3) is 2.21. The van der Waals surface area contributed by atoms with Crippen molar-refractivity contribution < 1.29 is 18.7 Å². The summed E-state index contributed by atoms with van der Waals surface area (Å²) in [4.78, 5) is 14.9. The highest BCUT2D eigenvalue weighted by molar-refractivity contribution is 5.91. The van der Waals surface area contributed by atoms with Crippen molar-refractivity contribution >= 4 is 5.97 Å². The maximum Gasteiger partial charge on any atom is 0.337 e. The molecule has 0 fully saturated rings. The third-order valence-corrected chi connectivity index (χ3v) is 3.19. The molecule has 0 unspecified atom stereocenters. The fraction of sp³-hybridized carbons (Fsp3) is 0.538. The van der Waals surface area contributed by atoms with Crippen molar-refractivity contribution in [2.24, 2.45) is 5.92 Å². The van der Waals surface area contributed by atoms with Crippen LogP contribution in [0.15, 0.2) is 0 Å². The molecule has 5 heteroatoms. The first-order valence-corrected chi connectivity index (χ1v) is 5.70. The van der Waals surface area contributed by atoms with Gasteiger partial charge >= 0.3 is 5.97 Å². The largest absolute Gasteiger partial charge is 0.478 e. The van der Waals surface area contributed by atoms with E-state index in [1.54, 1.807) is 0 Å². The Morgan fingerprint density at radius 1 is 1.22 bits per heavy atom. The second kappa shape index (κ2) is 4.63. The van der Waals surface area contributed by atoms with Crippen LogP contribution in [0.4, 0.5) is 8.78 Å². The van der Waals surface area contributed by atoms with Crippen molar-refractivity contribution in [2.45, 2.75) is 40.5 Å². The first-order valence-electron chi connectivity index (χ1n) is 5.70. The Kier molecular flexibility index (Phi) is 3.74. The first-order chi connectivity index (χ1) is 8.10. The van der Waals surface area contributed by atoms with Gasteiger partial charge in [-0.2, -0.15) is 8.78 Å². The summed E-state index contributed by atoms with van der Waals surface area (Å²) in [6.45, 7) is 7.29. The number of hydrogen-bond acceptors (Lipinski definition) is 2. The summed E-state index contributed by atoms with van der Waals surface area (Å²) in [6.07, 6.45) is 0. The van der Waals surface area contributed by atoms with Gasteiger partial charge in [-0.3, -0.25) is 4.98 Å².